The van der Waals surface area contributed by atoms with Gasteiger partial charge in [-0.05, 0) is 96.6 Å². The Kier molecular flexibility index (Phi) is 6.26. The molecule has 4 heteroatoms. The molecule has 4 aliphatic rings. The normalized spacial score (nSPS) is 29.9. The van der Waals surface area contributed by atoms with Crippen LogP contribution in [0.15, 0.2) is 58.5 Å². The Morgan fingerprint density at radius 1 is 0.676 bits per heavy atom. The van der Waals surface area contributed by atoms with Gasteiger partial charge >= 0.3 is 0 Å². The minimum atomic E-state index is 0.396. The maximum Gasteiger partial charge on any atom is 0.0446 e. The largest absolute Gasteiger partial charge is 0.378 e. The van der Waals surface area contributed by atoms with Crippen molar-refractivity contribution >= 4 is 23.8 Å². The summed E-state index contributed by atoms with van der Waals surface area (Å²) in [6.45, 7) is 1.96. The molecule has 4 fully saturated rings. The van der Waals surface area contributed by atoms with Gasteiger partial charge in [-0.1, -0.05) is 24.3 Å². The Bertz CT molecular complexity index is 937. The predicted molar refractivity (Wildman–Crippen MR) is 146 cm³/mol. The zero-order chi connectivity index (χ0) is 23.8. The Balaban J connectivity index is 1.24. The molecular formula is C30H40N4. The summed E-state index contributed by atoms with van der Waals surface area (Å²) in [7, 11) is 8.32. The van der Waals surface area contributed by atoms with Crippen LogP contribution < -0.4 is 9.80 Å². The molecule has 0 spiro atoms. The molecule has 0 atom stereocenters. The second kappa shape index (κ2) is 9.20. The van der Waals surface area contributed by atoms with Crippen LogP contribution in [0.25, 0.3) is 0 Å². The van der Waals surface area contributed by atoms with Crippen LogP contribution in [0.3, 0.4) is 0 Å². The molecule has 180 valence electrons. The van der Waals surface area contributed by atoms with Gasteiger partial charge in [0, 0.05) is 65.1 Å². The molecule has 4 saturated carbocycles. The quantitative estimate of drug-likeness (QED) is 0.460. The molecule has 0 amide bonds. The number of benzene rings is 2. The van der Waals surface area contributed by atoms with Gasteiger partial charge in [0.1, 0.15) is 0 Å². The maximum atomic E-state index is 5.01. The number of aliphatic imine (C=N–C) groups is 2. The number of nitrogens with zero attached hydrogens (tertiary/aromatic N) is 4. The highest BCUT2D eigenvalue weighted by Crippen LogP contribution is 2.65. The van der Waals surface area contributed by atoms with Crippen molar-refractivity contribution in [2.24, 2.45) is 32.7 Å². The topological polar surface area (TPSA) is 31.2 Å². The van der Waals surface area contributed by atoms with E-state index in [0.29, 0.717) is 10.8 Å². The Labute approximate surface area is 205 Å². The molecule has 2 aromatic carbocycles. The van der Waals surface area contributed by atoms with Crippen molar-refractivity contribution in [2.45, 2.75) is 38.5 Å². The molecule has 0 N–H and O–H groups in total. The van der Waals surface area contributed by atoms with Gasteiger partial charge in [0.05, 0.1) is 0 Å². The Morgan fingerprint density at radius 2 is 1.06 bits per heavy atom. The maximum absolute atomic E-state index is 5.01. The number of rotatable bonds is 8. The first kappa shape index (κ1) is 23.1. The summed E-state index contributed by atoms with van der Waals surface area (Å²) in [6.07, 6.45) is 12.4. The molecule has 4 nitrogen and oxygen atoms in total. The van der Waals surface area contributed by atoms with Crippen molar-refractivity contribution in [1.29, 1.82) is 0 Å². The zero-order valence-corrected chi connectivity index (χ0v) is 21.4. The summed E-state index contributed by atoms with van der Waals surface area (Å²) in [4.78, 5) is 14.3. The fourth-order valence-corrected chi connectivity index (χ4v) is 7.43. The van der Waals surface area contributed by atoms with Gasteiger partial charge < -0.3 is 9.80 Å². The predicted octanol–water partition coefficient (Wildman–Crippen LogP) is 5.94. The summed E-state index contributed by atoms with van der Waals surface area (Å²) in [5, 5.41) is 0. The van der Waals surface area contributed by atoms with E-state index in [9.17, 15) is 0 Å². The summed E-state index contributed by atoms with van der Waals surface area (Å²) < 4.78 is 0. The molecule has 0 unspecified atom stereocenters. The number of hydrogen-bond acceptors (Lipinski definition) is 4. The van der Waals surface area contributed by atoms with Crippen molar-refractivity contribution in [2.75, 3.05) is 51.1 Å². The van der Waals surface area contributed by atoms with Crippen LogP contribution in [0.4, 0.5) is 11.4 Å². The monoisotopic (exact) mass is 456 g/mol. The third-order valence-corrected chi connectivity index (χ3v) is 8.46. The first-order valence-electron chi connectivity index (χ1n) is 12.9. The van der Waals surface area contributed by atoms with Crippen molar-refractivity contribution < 1.29 is 0 Å². The van der Waals surface area contributed by atoms with Crippen LogP contribution in [0.1, 0.15) is 49.7 Å². The molecule has 2 aromatic rings. The molecule has 0 aromatic heterocycles. The molecule has 6 rings (SSSR count). The molecule has 34 heavy (non-hydrogen) atoms. The van der Waals surface area contributed by atoms with E-state index in [2.05, 4.69) is 99.0 Å². The zero-order valence-electron chi connectivity index (χ0n) is 21.4. The standard InChI is InChI=1S/C30H40N4/c1-33(2)27-9-5-23(6-10-27)18-31-21-29-14-25-13-26(15-29)17-30(16-25,20-29)22-32-19-24-7-11-28(12-8-24)34(3)4/h5-12,18-19,25-26H,13-17,20-22H2,1-4H3. The van der Waals surface area contributed by atoms with Gasteiger partial charge in [0.15, 0.2) is 0 Å². The first-order chi connectivity index (χ1) is 16.3. The van der Waals surface area contributed by atoms with Crippen molar-refractivity contribution in [3.63, 3.8) is 0 Å². The van der Waals surface area contributed by atoms with E-state index >= 15 is 0 Å². The molecule has 4 bridgehead atoms. The lowest BCUT2D eigenvalue weighted by atomic mass is 9.44. The third kappa shape index (κ3) is 4.92. The Hall–Kier alpha value is -2.62. The van der Waals surface area contributed by atoms with Crippen LogP contribution in [0.5, 0.6) is 0 Å². The first-order valence-corrected chi connectivity index (χ1v) is 12.9. The van der Waals surface area contributed by atoms with Gasteiger partial charge in [0.2, 0.25) is 0 Å². The summed E-state index contributed by atoms with van der Waals surface area (Å²) in [5.41, 5.74) is 5.66. The van der Waals surface area contributed by atoms with Gasteiger partial charge in [-0.25, -0.2) is 0 Å². The second-order valence-corrected chi connectivity index (χ2v) is 11.9. The van der Waals surface area contributed by atoms with Crippen LogP contribution in [0.2, 0.25) is 0 Å². The molecular weight excluding hydrogens is 416 g/mol. The molecule has 0 heterocycles. The smallest absolute Gasteiger partial charge is 0.0446 e. The lowest BCUT2D eigenvalue weighted by molar-refractivity contribution is -0.100. The van der Waals surface area contributed by atoms with Crippen molar-refractivity contribution in [3.05, 3.63) is 59.7 Å². The highest BCUT2D eigenvalue weighted by molar-refractivity contribution is 5.81. The van der Waals surface area contributed by atoms with Gasteiger partial charge in [0.25, 0.3) is 0 Å². The lowest BCUT2D eigenvalue weighted by Crippen LogP contribution is -2.54. The fraction of sp³-hybridized carbons (Fsp3) is 0.533. The fourth-order valence-electron chi connectivity index (χ4n) is 7.43. The van der Waals surface area contributed by atoms with Crippen molar-refractivity contribution in [1.82, 2.24) is 0 Å². The molecule has 4 aliphatic carbocycles. The van der Waals surface area contributed by atoms with Crippen molar-refractivity contribution in [3.8, 4) is 0 Å². The van der Waals surface area contributed by atoms with E-state index in [4.69, 9.17) is 9.98 Å². The van der Waals surface area contributed by atoms with Crippen LogP contribution in [-0.2, 0) is 0 Å². The average molecular weight is 457 g/mol. The second-order valence-electron chi connectivity index (χ2n) is 11.9. The Morgan fingerprint density at radius 3 is 1.41 bits per heavy atom. The van der Waals surface area contributed by atoms with E-state index in [1.165, 1.54) is 61.0 Å². The lowest BCUT2D eigenvalue weighted by Gasteiger charge is -2.61. The van der Waals surface area contributed by atoms with Crippen LogP contribution >= 0.6 is 0 Å². The average Bonchev–Trinajstić information content (AvgIpc) is 2.78. The summed E-state index contributed by atoms with van der Waals surface area (Å²) in [6, 6.07) is 17.4. The van der Waals surface area contributed by atoms with E-state index in [1.54, 1.807) is 0 Å². The van der Waals surface area contributed by atoms with Crippen LogP contribution in [-0.4, -0.2) is 53.7 Å². The highest BCUT2D eigenvalue weighted by Gasteiger charge is 2.57. The van der Waals surface area contributed by atoms with E-state index in [1.807, 2.05) is 0 Å². The van der Waals surface area contributed by atoms with E-state index < -0.39 is 0 Å². The third-order valence-electron chi connectivity index (χ3n) is 8.46. The minimum absolute atomic E-state index is 0.396. The molecule has 0 aliphatic heterocycles. The molecule has 0 radical (unpaired) electrons. The van der Waals surface area contributed by atoms with E-state index in [0.717, 1.165) is 24.9 Å². The van der Waals surface area contributed by atoms with Gasteiger partial charge in [-0.3, -0.25) is 9.98 Å². The molecule has 0 saturated heterocycles. The van der Waals surface area contributed by atoms with Gasteiger partial charge in [-0.2, -0.15) is 0 Å². The van der Waals surface area contributed by atoms with E-state index in [-0.39, 0.29) is 0 Å². The number of anilines is 2. The summed E-state index contributed by atoms with van der Waals surface area (Å²) in [5.74, 6) is 1.76. The SMILES string of the molecule is CN(C)c1ccc(C=NCC23CC4CC(C2)CC(CN=Cc2ccc(N(C)C)cc2)(C4)C3)cc1. The van der Waals surface area contributed by atoms with Crippen LogP contribution in [0, 0.1) is 22.7 Å². The number of hydrogen-bond donors (Lipinski definition) is 0. The highest BCUT2D eigenvalue weighted by atomic mass is 15.1. The summed E-state index contributed by atoms with van der Waals surface area (Å²) >= 11 is 0. The van der Waals surface area contributed by atoms with Gasteiger partial charge in [-0.15, -0.1) is 0 Å². The minimum Gasteiger partial charge on any atom is -0.378 e.